The fraction of sp³-hybridized carbons (Fsp3) is 0.286. The Morgan fingerprint density at radius 2 is 2.10 bits per heavy atom. The summed E-state index contributed by atoms with van der Waals surface area (Å²) >= 11 is 6.02. The number of piperidine rings is 1. The normalized spacial score (nSPS) is 17.2. The van der Waals surface area contributed by atoms with Gasteiger partial charge in [-0.05, 0) is 55.8 Å². The van der Waals surface area contributed by atoms with Crippen LogP contribution in [0.25, 0.3) is 11.4 Å². The summed E-state index contributed by atoms with van der Waals surface area (Å²) in [6.07, 6.45) is 1.71. The summed E-state index contributed by atoms with van der Waals surface area (Å²) in [5.74, 6) is 0.448. The van der Waals surface area contributed by atoms with E-state index in [0.717, 1.165) is 24.9 Å². The van der Waals surface area contributed by atoms with Crippen LogP contribution >= 0.6 is 11.6 Å². The zero-order valence-electron chi connectivity index (χ0n) is 15.6. The van der Waals surface area contributed by atoms with Crippen molar-refractivity contribution in [3.05, 3.63) is 65.3 Å². The van der Waals surface area contributed by atoms with Crippen molar-refractivity contribution in [2.24, 2.45) is 5.92 Å². The van der Waals surface area contributed by atoms with Gasteiger partial charge in [0, 0.05) is 22.8 Å². The number of amides is 1. The molecule has 1 fully saturated rings. The van der Waals surface area contributed by atoms with Gasteiger partial charge in [-0.3, -0.25) is 9.69 Å². The molecule has 0 aliphatic carbocycles. The van der Waals surface area contributed by atoms with Gasteiger partial charge in [-0.25, -0.2) is 4.39 Å². The maximum atomic E-state index is 13.0. The minimum atomic E-state index is -0.330. The summed E-state index contributed by atoms with van der Waals surface area (Å²) < 4.78 is 18.4. The quantitative estimate of drug-likeness (QED) is 0.670. The predicted molar refractivity (Wildman–Crippen MR) is 108 cm³/mol. The first-order valence-electron chi connectivity index (χ1n) is 9.44. The number of anilines is 1. The Balaban J connectivity index is 1.36. The van der Waals surface area contributed by atoms with Gasteiger partial charge < -0.3 is 9.84 Å². The highest BCUT2D eigenvalue weighted by Gasteiger charge is 2.27. The molecule has 4 rings (SSSR count). The molecule has 1 N–H and O–H groups in total. The fourth-order valence-electron chi connectivity index (χ4n) is 3.45. The first-order valence-corrected chi connectivity index (χ1v) is 9.82. The molecule has 2 heterocycles. The van der Waals surface area contributed by atoms with Crippen molar-refractivity contribution >= 4 is 23.2 Å². The average Bonchev–Trinajstić information content (AvgIpc) is 3.18. The van der Waals surface area contributed by atoms with E-state index < -0.39 is 0 Å². The summed E-state index contributed by atoms with van der Waals surface area (Å²) in [5.41, 5.74) is 1.39. The molecule has 8 heteroatoms. The molecule has 0 saturated carbocycles. The Bertz CT molecular complexity index is 992. The predicted octanol–water partition coefficient (Wildman–Crippen LogP) is 4.38. The minimum absolute atomic E-state index is 0.0635. The zero-order chi connectivity index (χ0) is 20.2. The minimum Gasteiger partial charge on any atom is -0.338 e. The highest BCUT2D eigenvalue weighted by molar-refractivity contribution is 6.30. The SMILES string of the molecule is O=C(Nc1ccc(F)cc1)C1CCCN(Cc2nc(-c3cccc(Cl)c3)no2)C1. The molecule has 0 radical (unpaired) electrons. The molecule has 1 amide bonds. The molecule has 1 aliphatic heterocycles. The van der Waals surface area contributed by atoms with Crippen LogP contribution in [-0.4, -0.2) is 34.0 Å². The van der Waals surface area contributed by atoms with Crippen LogP contribution in [0, 0.1) is 11.7 Å². The largest absolute Gasteiger partial charge is 0.338 e. The fourth-order valence-corrected chi connectivity index (χ4v) is 3.64. The van der Waals surface area contributed by atoms with Gasteiger partial charge in [0.1, 0.15) is 5.82 Å². The summed E-state index contributed by atoms with van der Waals surface area (Å²) in [6, 6.07) is 13.1. The van der Waals surface area contributed by atoms with Crippen molar-refractivity contribution in [2.45, 2.75) is 19.4 Å². The van der Waals surface area contributed by atoms with E-state index >= 15 is 0 Å². The molecule has 0 bridgehead atoms. The molecule has 0 spiro atoms. The van der Waals surface area contributed by atoms with Crippen molar-refractivity contribution in [1.82, 2.24) is 15.0 Å². The lowest BCUT2D eigenvalue weighted by molar-refractivity contribution is -0.121. The molecular formula is C21H20ClFN4O2. The number of halogens is 2. The second-order valence-electron chi connectivity index (χ2n) is 7.09. The van der Waals surface area contributed by atoms with E-state index in [4.69, 9.17) is 16.1 Å². The second kappa shape index (κ2) is 8.71. The Morgan fingerprint density at radius 3 is 2.90 bits per heavy atom. The van der Waals surface area contributed by atoms with Gasteiger partial charge in [-0.2, -0.15) is 4.98 Å². The monoisotopic (exact) mass is 414 g/mol. The number of hydrogen-bond acceptors (Lipinski definition) is 5. The summed E-state index contributed by atoms with van der Waals surface area (Å²) in [6.45, 7) is 1.94. The maximum absolute atomic E-state index is 13.0. The van der Waals surface area contributed by atoms with Crippen molar-refractivity contribution in [3.8, 4) is 11.4 Å². The van der Waals surface area contributed by atoms with Gasteiger partial charge >= 0.3 is 0 Å². The van der Waals surface area contributed by atoms with Crippen LogP contribution in [0.5, 0.6) is 0 Å². The van der Waals surface area contributed by atoms with Crippen LogP contribution in [0.15, 0.2) is 53.1 Å². The molecule has 1 aliphatic rings. The van der Waals surface area contributed by atoms with Crippen LogP contribution in [-0.2, 0) is 11.3 Å². The van der Waals surface area contributed by atoms with E-state index in [-0.39, 0.29) is 17.6 Å². The first kappa shape index (κ1) is 19.5. The van der Waals surface area contributed by atoms with Crippen molar-refractivity contribution in [1.29, 1.82) is 0 Å². The van der Waals surface area contributed by atoms with Gasteiger partial charge in [0.05, 0.1) is 12.5 Å². The molecule has 2 aromatic carbocycles. The van der Waals surface area contributed by atoms with Crippen LogP contribution < -0.4 is 5.32 Å². The Labute approximate surface area is 172 Å². The third-order valence-electron chi connectivity index (χ3n) is 4.90. The zero-order valence-corrected chi connectivity index (χ0v) is 16.4. The Kier molecular flexibility index (Phi) is 5.87. The number of benzene rings is 2. The molecule has 1 aromatic heterocycles. The number of hydrogen-bond donors (Lipinski definition) is 1. The molecular weight excluding hydrogens is 395 g/mol. The maximum Gasteiger partial charge on any atom is 0.241 e. The summed E-state index contributed by atoms with van der Waals surface area (Å²) in [4.78, 5) is 19.2. The highest BCUT2D eigenvalue weighted by atomic mass is 35.5. The number of carbonyl (C=O) groups is 1. The molecule has 29 heavy (non-hydrogen) atoms. The lowest BCUT2D eigenvalue weighted by Gasteiger charge is -2.30. The number of nitrogens with zero attached hydrogens (tertiary/aromatic N) is 3. The molecule has 3 aromatic rings. The lowest BCUT2D eigenvalue weighted by atomic mass is 9.97. The molecule has 1 unspecified atom stereocenters. The van der Waals surface area contributed by atoms with Crippen molar-refractivity contribution < 1.29 is 13.7 Å². The van der Waals surface area contributed by atoms with Crippen molar-refractivity contribution in [3.63, 3.8) is 0 Å². The Hall–Kier alpha value is -2.77. The van der Waals surface area contributed by atoms with E-state index in [2.05, 4.69) is 20.4 Å². The van der Waals surface area contributed by atoms with E-state index in [1.54, 1.807) is 24.3 Å². The topological polar surface area (TPSA) is 71.3 Å². The van der Waals surface area contributed by atoms with Gasteiger partial charge in [0.15, 0.2) is 0 Å². The molecule has 1 saturated heterocycles. The first-order chi connectivity index (χ1) is 14.1. The smallest absolute Gasteiger partial charge is 0.241 e. The van der Waals surface area contributed by atoms with Crippen LogP contribution in [0.3, 0.4) is 0 Å². The third kappa shape index (κ3) is 4.99. The van der Waals surface area contributed by atoms with Crippen molar-refractivity contribution in [2.75, 3.05) is 18.4 Å². The van der Waals surface area contributed by atoms with Gasteiger partial charge in [0.2, 0.25) is 17.6 Å². The van der Waals surface area contributed by atoms with Crippen LogP contribution in [0.2, 0.25) is 5.02 Å². The summed E-state index contributed by atoms with van der Waals surface area (Å²) in [7, 11) is 0. The highest BCUT2D eigenvalue weighted by Crippen LogP contribution is 2.23. The van der Waals surface area contributed by atoms with Crippen LogP contribution in [0.4, 0.5) is 10.1 Å². The van der Waals surface area contributed by atoms with Crippen LogP contribution in [0.1, 0.15) is 18.7 Å². The molecule has 1 atom stereocenters. The second-order valence-corrected chi connectivity index (χ2v) is 7.53. The van der Waals surface area contributed by atoms with E-state index in [9.17, 15) is 9.18 Å². The number of aromatic nitrogens is 2. The van der Waals surface area contributed by atoms with Gasteiger partial charge in [0.25, 0.3) is 0 Å². The van der Waals surface area contributed by atoms with Gasteiger partial charge in [-0.1, -0.05) is 28.9 Å². The standard InChI is InChI=1S/C21H20ClFN4O2/c22-16-5-1-3-14(11-16)20-25-19(29-26-20)13-27-10-2-4-15(12-27)21(28)24-18-8-6-17(23)7-9-18/h1,3,5-9,11,15H,2,4,10,12-13H2,(H,24,28). The number of nitrogens with one attached hydrogen (secondary N) is 1. The number of carbonyl (C=O) groups excluding carboxylic acids is 1. The number of rotatable bonds is 5. The van der Waals surface area contributed by atoms with Gasteiger partial charge in [-0.15, -0.1) is 0 Å². The number of likely N-dealkylation sites (tertiary alicyclic amines) is 1. The summed E-state index contributed by atoms with van der Waals surface area (Å²) in [5, 5.41) is 7.50. The van der Waals surface area contributed by atoms with E-state index in [1.807, 2.05) is 12.1 Å². The van der Waals surface area contributed by atoms with E-state index in [1.165, 1.54) is 12.1 Å². The molecule has 150 valence electrons. The third-order valence-corrected chi connectivity index (χ3v) is 5.13. The molecule has 6 nitrogen and oxygen atoms in total. The Morgan fingerprint density at radius 1 is 1.28 bits per heavy atom. The lowest BCUT2D eigenvalue weighted by Crippen LogP contribution is -2.40. The van der Waals surface area contributed by atoms with E-state index in [0.29, 0.717) is 35.5 Å². The average molecular weight is 415 g/mol.